The molecule has 5 nitrogen and oxygen atoms in total. The second-order valence-corrected chi connectivity index (χ2v) is 1.76. The number of aromatic nitrogens is 3. The minimum atomic E-state index is 0.422. The highest BCUT2D eigenvalue weighted by molar-refractivity contribution is 4.69. The summed E-state index contributed by atoms with van der Waals surface area (Å²) in [6.45, 7) is 0.455. The Labute approximate surface area is 58.8 Å². The number of nitrogens with two attached hydrogens (primary N) is 1. The Hall–Kier alpha value is -0.940. The van der Waals surface area contributed by atoms with Crippen LogP contribution in [0.5, 0.6) is 0 Å². The van der Waals surface area contributed by atoms with Crippen LogP contribution < -0.4 is 5.73 Å². The predicted octanol–water partition coefficient (Wildman–Crippen LogP) is -0.627. The summed E-state index contributed by atoms with van der Waals surface area (Å²) >= 11 is 0. The number of nitrogens with zero attached hydrogens (tertiary/aromatic N) is 3. The highest BCUT2D eigenvalue weighted by atomic mass is 16.5. The van der Waals surface area contributed by atoms with Crippen molar-refractivity contribution in [3.05, 3.63) is 18.9 Å². The van der Waals surface area contributed by atoms with Gasteiger partial charge in [-0.05, 0) is 6.54 Å². The molecule has 0 aliphatic rings. The van der Waals surface area contributed by atoms with Crippen molar-refractivity contribution >= 4 is 0 Å². The van der Waals surface area contributed by atoms with Crippen molar-refractivity contribution in [3.63, 3.8) is 0 Å². The summed E-state index contributed by atoms with van der Waals surface area (Å²) in [5.41, 5.74) is 5.37. The Balaban J connectivity index is 2.40. The lowest BCUT2D eigenvalue weighted by atomic mass is 10.6. The zero-order valence-electron chi connectivity index (χ0n) is 5.69. The van der Waals surface area contributed by atoms with Crippen molar-refractivity contribution in [1.29, 1.82) is 0 Å². The first-order chi connectivity index (χ1) is 4.83. The fourth-order valence-electron chi connectivity index (χ4n) is 0.539. The van der Waals surface area contributed by atoms with E-state index in [1.807, 2.05) is 0 Å². The van der Waals surface area contributed by atoms with Crippen LogP contribution in [0.25, 0.3) is 0 Å². The largest absolute Gasteiger partial charge is 0.535 e. The third-order valence-electron chi connectivity index (χ3n) is 1.05. The smallest absolute Gasteiger partial charge is 0.137 e. The molecule has 0 saturated carbocycles. The lowest BCUT2D eigenvalue weighted by Gasteiger charge is -2.22. The first-order valence-corrected chi connectivity index (χ1v) is 2.80. The van der Waals surface area contributed by atoms with E-state index in [1.54, 1.807) is 11.0 Å². The molecule has 1 rings (SSSR count). The number of methoxy groups -OCH3 is 1. The molecular formula is C5H9N4O-. The van der Waals surface area contributed by atoms with Crippen molar-refractivity contribution in [2.75, 3.05) is 7.11 Å². The molecule has 0 aromatic carbocycles. The Bertz CT molecular complexity index is 174. The normalized spacial score (nSPS) is 10.7. The third-order valence-corrected chi connectivity index (χ3v) is 1.05. The van der Waals surface area contributed by atoms with Crippen LogP contribution in [-0.2, 0) is 11.3 Å². The Kier molecular flexibility index (Phi) is 2.35. The molecule has 1 heterocycles. The highest BCUT2D eigenvalue weighted by Crippen LogP contribution is 1.92. The molecule has 0 radical (unpaired) electrons. The van der Waals surface area contributed by atoms with Gasteiger partial charge in [-0.1, -0.05) is 0 Å². The van der Waals surface area contributed by atoms with Crippen LogP contribution in [0.2, 0.25) is 0 Å². The maximum atomic E-state index is 5.37. The lowest BCUT2D eigenvalue weighted by molar-refractivity contribution is 0.185. The average molecular weight is 141 g/mol. The SMILES string of the molecule is CO[C-](N)Cn1cncn1. The summed E-state index contributed by atoms with van der Waals surface area (Å²) in [6.07, 6.45) is 3.44. The van der Waals surface area contributed by atoms with E-state index in [2.05, 4.69) is 10.1 Å². The summed E-state index contributed by atoms with van der Waals surface area (Å²) in [5, 5.41) is 3.83. The van der Waals surface area contributed by atoms with E-state index in [4.69, 9.17) is 10.5 Å². The number of hydrogen-bond acceptors (Lipinski definition) is 4. The predicted molar refractivity (Wildman–Crippen MR) is 34.5 cm³/mol. The first kappa shape index (κ1) is 7.17. The molecule has 0 unspecified atom stereocenters. The maximum Gasteiger partial charge on any atom is 0.137 e. The maximum absolute atomic E-state index is 5.37. The van der Waals surface area contributed by atoms with Gasteiger partial charge in [0.2, 0.25) is 0 Å². The molecule has 2 N–H and O–H groups in total. The van der Waals surface area contributed by atoms with Gasteiger partial charge < -0.3 is 10.5 Å². The molecule has 1 aromatic heterocycles. The number of hydrogen-bond donors (Lipinski definition) is 1. The zero-order chi connectivity index (χ0) is 7.40. The van der Waals surface area contributed by atoms with Gasteiger partial charge in [-0.15, -0.1) is 6.23 Å². The van der Waals surface area contributed by atoms with Crippen LogP contribution in [0.15, 0.2) is 12.7 Å². The van der Waals surface area contributed by atoms with Gasteiger partial charge in [-0.2, -0.15) is 5.10 Å². The van der Waals surface area contributed by atoms with Crippen LogP contribution in [-0.4, -0.2) is 21.9 Å². The van der Waals surface area contributed by atoms with Crippen molar-refractivity contribution < 1.29 is 4.74 Å². The van der Waals surface area contributed by atoms with E-state index in [0.29, 0.717) is 12.8 Å². The Morgan fingerprint density at radius 2 is 2.60 bits per heavy atom. The van der Waals surface area contributed by atoms with Crippen LogP contribution >= 0.6 is 0 Å². The average Bonchev–Trinajstić information content (AvgIpc) is 2.40. The molecule has 10 heavy (non-hydrogen) atoms. The molecular weight excluding hydrogens is 132 g/mol. The fourth-order valence-corrected chi connectivity index (χ4v) is 0.539. The second-order valence-electron chi connectivity index (χ2n) is 1.76. The van der Waals surface area contributed by atoms with Crippen molar-refractivity contribution in [2.45, 2.75) is 6.54 Å². The summed E-state index contributed by atoms with van der Waals surface area (Å²) in [5.74, 6) is 0. The van der Waals surface area contributed by atoms with E-state index in [-0.39, 0.29) is 0 Å². The van der Waals surface area contributed by atoms with Gasteiger partial charge in [-0.25, -0.2) is 4.98 Å². The van der Waals surface area contributed by atoms with Crippen LogP contribution in [0.3, 0.4) is 0 Å². The Morgan fingerprint density at radius 1 is 1.80 bits per heavy atom. The molecule has 0 atom stereocenters. The molecule has 0 fully saturated rings. The molecule has 0 amide bonds. The van der Waals surface area contributed by atoms with Crippen LogP contribution in [0, 0.1) is 6.23 Å². The molecule has 1 aromatic rings. The van der Waals surface area contributed by atoms with Gasteiger partial charge in [0, 0.05) is 7.11 Å². The molecule has 0 aliphatic heterocycles. The fraction of sp³-hybridized carbons (Fsp3) is 0.400. The van der Waals surface area contributed by atoms with E-state index < -0.39 is 0 Å². The van der Waals surface area contributed by atoms with Crippen molar-refractivity contribution in [1.82, 2.24) is 14.8 Å². The topological polar surface area (TPSA) is 66.0 Å². The minimum Gasteiger partial charge on any atom is -0.535 e. The minimum absolute atomic E-state index is 0.422. The number of ether oxygens (including phenoxy) is 1. The van der Waals surface area contributed by atoms with E-state index in [9.17, 15) is 0 Å². The van der Waals surface area contributed by atoms with E-state index in [1.165, 1.54) is 13.4 Å². The van der Waals surface area contributed by atoms with E-state index >= 15 is 0 Å². The van der Waals surface area contributed by atoms with Gasteiger partial charge in [0.25, 0.3) is 0 Å². The zero-order valence-corrected chi connectivity index (χ0v) is 5.69. The van der Waals surface area contributed by atoms with Gasteiger partial charge in [-0.3, -0.25) is 4.68 Å². The molecule has 0 spiro atoms. The van der Waals surface area contributed by atoms with Gasteiger partial charge in [0.15, 0.2) is 0 Å². The summed E-state index contributed by atoms with van der Waals surface area (Å²) in [7, 11) is 1.52. The summed E-state index contributed by atoms with van der Waals surface area (Å²) in [6, 6.07) is 0. The Morgan fingerprint density at radius 3 is 3.10 bits per heavy atom. The van der Waals surface area contributed by atoms with Gasteiger partial charge in [0.05, 0.1) is 0 Å². The third kappa shape index (κ3) is 1.78. The van der Waals surface area contributed by atoms with Crippen LogP contribution in [0.1, 0.15) is 0 Å². The van der Waals surface area contributed by atoms with Crippen LogP contribution in [0.4, 0.5) is 0 Å². The number of rotatable bonds is 3. The van der Waals surface area contributed by atoms with Gasteiger partial charge >= 0.3 is 0 Å². The quantitative estimate of drug-likeness (QED) is 0.569. The second kappa shape index (κ2) is 3.28. The monoisotopic (exact) mass is 141 g/mol. The van der Waals surface area contributed by atoms with Crippen molar-refractivity contribution in [3.8, 4) is 0 Å². The highest BCUT2D eigenvalue weighted by Gasteiger charge is 1.87. The molecule has 5 heteroatoms. The summed E-state index contributed by atoms with van der Waals surface area (Å²) in [4.78, 5) is 3.74. The first-order valence-electron chi connectivity index (χ1n) is 2.80. The molecule has 0 bridgehead atoms. The molecule has 0 saturated heterocycles. The standard InChI is InChI=1S/C5H9N4O/c1-10-5(6)2-9-4-7-3-8-9/h3-4H,2,6H2,1H3/q-1. The van der Waals surface area contributed by atoms with Crippen molar-refractivity contribution in [2.24, 2.45) is 5.73 Å². The molecule has 56 valence electrons. The lowest BCUT2D eigenvalue weighted by Crippen LogP contribution is -2.19. The molecule has 0 aliphatic carbocycles. The summed E-state index contributed by atoms with van der Waals surface area (Å²) < 4.78 is 6.31. The van der Waals surface area contributed by atoms with Gasteiger partial charge in [0.1, 0.15) is 12.7 Å². The van der Waals surface area contributed by atoms with E-state index in [0.717, 1.165) is 0 Å².